The van der Waals surface area contributed by atoms with Crippen molar-refractivity contribution in [3.8, 4) is 0 Å². The summed E-state index contributed by atoms with van der Waals surface area (Å²) in [7, 11) is 0. The lowest BCUT2D eigenvalue weighted by atomic mass is 9.57. The van der Waals surface area contributed by atoms with Crippen LogP contribution in [0.1, 0.15) is 90.4 Å². The van der Waals surface area contributed by atoms with Crippen molar-refractivity contribution >= 4 is 0 Å². The average molecular weight is 293 g/mol. The Morgan fingerprint density at radius 2 is 1.62 bits per heavy atom. The lowest BCUT2D eigenvalue weighted by Gasteiger charge is -2.57. The molecular formula is C19H35NO. The number of nitrogens with one attached hydrogen (secondary N) is 1. The summed E-state index contributed by atoms with van der Waals surface area (Å²) >= 11 is 0. The summed E-state index contributed by atoms with van der Waals surface area (Å²) in [5, 5.41) is 3.84. The first-order valence-electron chi connectivity index (χ1n) is 9.74. The summed E-state index contributed by atoms with van der Waals surface area (Å²) in [6.07, 6.45) is 19.1. The largest absolute Gasteiger partial charge is 0.374 e. The van der Waals surface area contributed by atoms with Crippen LogP contribution >= 0.6 is 0 Å². The zero-order chi connectivity index (χ0) is 14.5. The van der Waals surface area contributed by atoms with Gasteiger partial charge in [-0.3, -0.25) is 0 Å². The van der Waals surface area contributed by atoms with Crippen LogP contribution in [0.3, 0.4) is 0 Å². The van der Waals surface area contributed by atoms with E-state index in [0.717, 1.165) is 6.04 Å². The lowest BCUT2D eigenvalue weighted by molar-refractivity contribution is -0.174. The molecule has 0 heterocycles. The van der Waals surface area contributed by atoms with Gasteiger partial charge < -0.3 is 10.1 Å². The molecule has 3 fully saturated rings. The Balaban J connectivity index is 1.62. The predicted molar refractivity (Wildman–Crippen MR) is 88.6 cm³/mol. The number of ether oxygens (including phenoxy) is 1. The van der Waals surface area contributed by atoms with E-state index < -0.39 is 0 Å². The normalized spacial score (nSPS) is 33.6. The highest BCUT2D eigenvalue weighted by atomic mass is 16.5. The third-order valence-electron chi connectivity index (χ3n) is 6.37. The number of hydrogen-bond donors (Lipinski definition) is 1. The summed E-state index contributed by atoms with van der Waals surface area (Å²) in [6.45, 7) is 3.46. The summed E-state index contributed by atoms with van der Waals surface area (Å²) in [5.41, 5.74) is 0.489. The third kappa shape index (κ3) is 3.47. The number of hydrogen-bond acceptors (Lipinski definition) is 2. The Kier molecular flexibility index (Phi) is 5.61. The van der Waals surface area contributed by atoms with Gasteiger partial charge in [0.15, 0.2) is 0 Å². The zero-order valence-corrected chi connectivity index (χ0v) is 14.0. The Labute approximate surface area is 131 Å². The van der Waals surface area contributed by atoms with E-state index in [1.807, 2.05) is 0 Å². The van der Waals surface area contributed by atoms with E-state index in [4.69, 9.17) is 4.74 Å². The molecule has 0 radical (unpaired) electrons. The highest BCUT2D eigenvalue weighted by Gasteiger charge is 2.55. The Morgan fingerprint density at radius 1 is 0.952 bits per heavy atom. The summed E-state index contributed by atoms with van der Waals surface area (Å²) in [4.78, 5) is 0. The molecule has 0 aromatic carbocycles. The molecule has 2 heteroatoms. The van der Waals surface area contributed by atoms with E-state index in [9.17, 15) is 0 Å². The molecule has 3 aliphatic carbocycles. The Bertz CT molecular complexity index is 303. The molecule has 0 aliphatic heterocycles. The van der Waals surface area contributed by atoms with Gasteiger partial charge in [-0.1, -0.05) is 51.9 Å². The van der Waals surface area contributed by atoms with Gasteiger partial charge in [-0.15, -0.1) is 0 Å². The minimum absolute atomic E-state index is 0.489. The second-order valence-electron chi connectivity index (χ2n) is 7.77. The van der Waals surface area contributed by atoms with E-state index in [1.165, 1.54) is 90.0 Å². The second-order valence-corrected chi connectivity index (χ2v) is 7.77. The maximum atomic E-state index is 6.65. The van der Waals surface area contributed by atoms with Crippen LogP contribution in [-0.2, 0) is 4.74 Å². The average Bonchev–Trinajstić information content (AvgIpc) is 2.79. The molecule has 3 saturated carbocycles. The molecule has 2 unspecified atom stereocenters. The molecule has 0 bridgehead atoms. The molecule has 0 aromatic heterocycles. The van der Waals surface area contributed by atoms with E-state index in [-0.39, 0.29) is 0 Å². The molecule has 1 spiro atoms. The van der Waals surface area contributed by atoms with Gasteiger partial charge in [0, 0.05) is 11.5 Å². The van der Waals surface area contributed by atoms with Crippen LogP contribution < -0.4 is 5.32 Å². The minimum atomic E-state index is 0.489. The second kappa shape index (κ2) is 7.46. The quantitative estimate of drug-likeness (QED) is 0.785. The van der Waals surface area contributed by atoms with Crippen molar-refractivity contribution in [3.05, 3.63) is 0 Å². The highest BCUT2D eigenvalue weighted by Crippen LogP contribution is 2.53. The van der Waals surface area contributed by atoms with Crippen molar-refractivity contribution < 1.29 is 4.74 Å². The summed E-state index contributed by atoms with van der Waals surface area (Å²) in [6, 6.07) is 0.740. The molecule has 21 heavy (non-hydrogen) atoms. The molecule has 3 aliphatic rings. The lowest BCUT2D eigenvalue weighted by Crippen LogP contribution is -2.64. The Hall–Kier alpha value is -0.0800. The SMILES string of the molecule is CCCNC1CC(OC2CCCCC2)C12CCCCCC2. The minimum Gasteiger partial charge on any atom is -0.374 e. The van der Waals surface area contributed by atoms with Gasteiger partial charge in [-0.2, -0.15) is 0 Å². The number of rotatable bonds is 5. The van der Waals surface area contributed by atoms with Crippen molar-refractivity contribution in [2.75, 3.05) is 6.54 Å². The van der Waals surface area contributed by atoms with Gasteiger partial charge in [0.2, 0.25) is 0 Å². The van der Waals surface area contributed by atoms with Crippen LogP contribution in [0.5, 0.6) is 0 Å². The molecule has 0 amide bonds. The van der Waals surface area contributed by atoms with Gasteiger partial charge in [0.25, 0.3) is 0 Å². The molecule has 2 nitrogen and oxygen atoms in total. The fourth-order valence-electron chi connectivity index (χ4n) is 5.03. The Morgan fingerprint density at radius 3 is 2.29 bits per heavy atom. The molecule has 2 atom stereocenters. The van der Waals surface area contributed by atoms with Crippen molar-refractivity contribution in [1.29, 1.82) is 0 Å². The van der Waals surface area contributed by atoms with E-state index in [1.54, 1.807) is 0 Å². The molecule has 122 valence electrons. The standard InChI is InChI=1S/C19H35NO/c1-2-14-20-17-15-18(21-16-10-6-5-7-11-16)19(17)12-8-3-4-9-13-19/h16-18,20H,2-15H2,1H3. The monoisotopic (exact) mass is 293 g/mol. The molecule has 0 saturated heterocycles. The van der Waals surface area contributed by atoms with Crippen molar-refractivity contribution in [2.24, 2.45) is 5.41 Å². The first-order chi connectivity index (χ1) is 10.3. The fourth-order valence-corrected chi connectivity index (χ4v) is 5.03. The van der Waals surface area contributed by atoms with Crippen LogP contribution in [0.25, 0.3) is 0 Å². The molecular weight excluding hydrogens is 258 g/mol. The van der Waals surface area contributed by atoms with Gasteiger partial charge >= 0.3 is 0 Å². The van der Waals surface area contributed by atoms with Crippen molar-refractivity contribution in [2.45, 2.75) is 109 Å². The topological polar surface area (TPSA) is 21.3 Å². The third-order valence-corrected chi connectivity index (χ3v) is 6.37. The van der Waals surface area contributed by atoms with Crippen LogP contribution in [-0.4, -0.2) is 24.8 Å². The van der Waals surface area contributed by atoms with E-state index >= 15 is 0 Å². The van der Waals surface area contributed by atoms with Gasteiger partial charge in [0.05, 0.1) is 12.2 Å². The van der Waals surface area contributed by atoms with Crippen LogP contribution in [0, 0.1) is 5.41 Å². The van der Waals surface area contributed by atoms with E-state index in [0.29, 0.717) is 17.6 Å². The van der Waals surface area contributed by atoms with Gasteiger partial charge in [-0.25, -0.2) is 0 Å². The highest BCUT2D eigenvalue weighted by molar-refractivity contribution is 5.08. The summed E-state index contributed by atoms with van der Waals surface area (Å²) < 4.78 is 6.65. The van der Waals surface area contributed by atoms with E-state index in [2.05, 4.69) is 12.2 Å². The van der Waals surface area contributed by atoms with Crippen LogP contribution in [0.15, 0.2) is 0 Å². The smallest absolute Gasteiger partial charge is 0.0665 e. The van der Waals surface area contributed by atoms with Crippen molar-refractivity contribution in [1.82, 2.24) is 5.32 Å². The predicted octanol–water partition coefficient (Wildman–Crippen LogP) is 4.82. The van der Waals surface area contributed by atoms with Crippen LogP contribution in [0.2, 0.25) is 0 Å². The zero-order valence-electron chi connectivity index (χ0n) is 14.0. The first kappa shape index (κ1) is 15.8. The van der Waals surface area contributed by atoms with Gasteiger partial charge in [0.1, 0.15) is 0 Å². The van der Waals surface area contributed by atoms with Crippen LogP contribution in [0.4, 0.5) is 0 Å². The summed E-state index contributed by atoms with van der Waals surface area (Å²) in [5.74, 6) is 0. The molecule has 0 aromatic rings. The van der Waals surface area contributed by atoms with Crippen molar-refractivity contribution in [3.63, 3.8) is 0 Å². The van der Waals surface area contributed by atoms with Gasteiger partial charge in [-0.05, 0) is 45.1 Å². The first-order valence-corrected chi connectivity index (χ1v) is 9.74. The fraction of sp³-hybridized carbons (Fsp3) is 1.00. The maximum absolute atomic E-state index is 6.65. The molecule has 3 rings (SSSR count). The maximum Gasteiger partial charge on any atom is 0.0665 e. The molecule has 1 N–H and O–H groups in total.